The zero-order valence-electron chi connectivity index (χ0n) is 19.0. The predicted octanol–water partition coefficient (Wildman–Crippen LogP) is 2.74. The molecule has 32 heavy (non-hydrogen) atoms. The minimum atomic E-state index is -3.72. The van der Waals surface area contributed by atoms with E-state index < -0.39 is 10.0 Å². The normalized spacial score (nSPS) is 17.4. The van der Waals surface area contributed by atoms with Crippen LogP contribution in [0.4, 0.5) is 0 Å². The third kappa shape index (κ3) is 6.38. The molecule has 0 saturated carbocycles. The lowest BCUT2D eigenvalue weighted by Crippen LogP contribution is -2.35. The van der Waals surface area contributed by atoms with Crippen molar-refractivity contribution in [2.24, 2.45) is 0 Å². The van der Waals surface area contributed by atoms with Gasteiger partial charge < -0.3 is 15.0 Å². The molecule has 2 aromatic rings. The smallest absolute Gasteiger partial charge is 0.251 e. The van der Waals surface area contributed by atoms with E-state index >= 15 is 0 Å². The fraction of sp³-hybridized carbons (Fsp3) is 0.458. The average molecular weight is 460 g/mol. The van der Waals surface area contributed by atoms with E-state index in [-0.39, 0.29) is 29.5 Å². The van der Waals surface area contributed by atoms with Gasteiger partial charge in [0.05, 0.1) is 17.0 Å². The van der Waals surface area contributed by atoms with E-state index in [0.29, 0.717) is 18.7 Å². The molecule has 0 aromatic heterocycles. The molecule has 1 saturated heterocycles. The Balaban J connectivity index is 1.65. The molecule has 2 N–H and O–H groups in total. The van der Waals surface area contributed by atoms with Gasteiger partial charge in [-0.15, -0.1) is 0 Å². The first-order valence-electron chi connectivity index (χ1n) is 11.0. The van der Waals surface area contributed by atoms with Gasteiger partial charge in [-0.3, -0.25) is 4.79 Å². The van der Waals surface area contributed by atoms with Gasteiger partial charge in [0, 0.05) is 25.3 Å². The fourth-order valence-corrected chi connectivity index (χ4v) is 4.87. The second kappa shape index (κ2) is 11.0. The van der Waals surface area contributed by atoms with Gasteiger partial charge in [0.15, 0.2) is 0 Å². The van der Waals surface area contributed by atoms with Crippen LogP contribution in [0.15, 0.2) is 53.4 Å². The Morgan fingerprint density at radius 3 is 2.56 bits per heavy atom. The minimum Gasteiger partial charge on any atom is -0.377 e. The number of hydrogen-bond donors (Lipinski definition) is 2. The zero-order chi connectivity index (χ0) is 23.1. The second-order valence-corrected chi connectivity index (χ2v) is 10.1. The molecule has 0 bridgehead atoms. The van der Waals surface area contributed by atoms with E-state index in [1.54, 1.807) is 12.1 Å². The molecule has 1 aliphatic rings. The maximum atomic E-state index is 12.8. The van der Waals surface area contributed by atoms with E-state index in [4.69, 9.17) is 4.74 Å². The number of carbonyl (C=O) groups is 1. The quantitative estimate of drug-likeness (QED) is 0.570. The van der Waals surface area contributed by atoms with Crippen LogP contribution in [0, 0.1) is 0 Å². The van der Waals surface area contributed by atoms with Gasteiger partial charge in [-0.1, -0.05) is 37.3 Å². The number of nitrogens with one attached hydrogen (secondary N) is 2. The lowest BCUT2D eigenvalue weighted by atomic mass is 10.0. The molecule has 1 aliphatic heterocycles. The molecular formula is C24H33N3O4S. The van der Waals surface area contributed by atoms with Crippen molar-refractivity contribution in [3.05, 3.63) is 65.2 Å². The van der Waals surface area contributed by atoms with Crippen molar-refractivity contribution in [2.75, 3.05) is 33.8 Å². The topological polar surface area (TPSA) is 87.7 Å². The Labute approximate surface area is 191 Å². The number of aryl methyl sites for hydroxylation is 1. The van der Waals surface area contributed by atoms with Crippen LogP contribution in [-0.4, -0.2) is 59.1 Å². The van der Waals surface area contributed by atoms with Crippen molar-refractivity contribution < 1.29 is 17.9 Å². The molecule has 174 valence electrons. The summed E-state index contributed by atoms with van der Waals surface area (Å²) in [6, 6.07) is 14.5. The molecule has 1 fully saturated rings. The second-order valence-electron chi connectivity index (χ2n) is 8.30. The van der Waals surface area contributed by atoms with E-state index in [1.165, 1.54) is 17.7 Å². The maximum Gasteiger partial charge on any atom is 0.251 e. The van der Waals surface area contributed by atoms with Crippen LogP contribution in [0.25, 0.3) is 0 Å². The minimum absolute atomic E-state index is 0.00449. The number of amides is 1. The van der Waals surface area contributed by atoms with Crippen LogP contribution in [0.5, 0.6) is 0 Å². The highest BCUT2D eigenvalue weighted by Gasteiger charge is 2.21. The highest BCUT2D eigenvalue weighted by atomic mass is 32.2. The van der Waals surface area contributed by atoms with Crippen LogP contribution >= 0.6 is 0 Å². The van der Waals surface area contributed by atoms with Gasteiger partial charge in [-0.25, -0.2) is 13.1 Å². The van der Waals surface area contributed by atoms with E-state index in [1.807, 2.05) is 14.1 Å². The Kier molecular flexibility index (Phi) is 8.42. The van der Waals surface area contributed by atoms with E-state index in [2.05, 4.69) is 46.1 Å². The number of likely N-dealkylation sites (N-methyl/N-ethyl adjacent to an activating group) is 1. The molecule has 2 atom stereocenters. The monoisotopic (exact) mass is 459 g/mol. The van der Waals surface area contributed by atoms with E-state index in [9.17, 15) is 13.2 Å². The predicted molar refractivity (Wildman–Crippen MR) is 125 cm³/mol. The van der Waals surface area contributed by atoms with Crippen molar-refractivity contribution >= 4 is 15.9 Å². The van der Waals surface area contributed by atoms with Gasteiger partial charge in [0.25, 0.3) is 5.91 Å². The highest BCUT2D eigenvalue weighted by molar-refractivity contribution is 7.89. The molecule has 0 spiro atoms. The zero-order valence-corrected chi connectivity index (χ0v) is 19.8. The summed E-state index contributed by atoms with van der Waals surface area (Å²) in [5.74, 6) is -0.307. The summed E-state index contributed by atoms with van der Waals surface area (Å²) in [5, 5.41) is 2.95. The lowest BCUT2D eigenvalue weighted by Gasteiger charge is -2.25. The summed E-state index contributed by atoms with van der Waals surface area (Å²) >= 11 is 0. The largest absolute Gasteiger partial charge is 0.377 e. The Morgan fingerprint density at radius 2 is 1.94 bits per heavy atom. The van der Waals surface area contributed by atoms with Gasteiger partial charge in [-0.05, 0) is 62.7 Å². The molecular weight excluding hydrogens is 426 g/mol. The maximum absolute atomic E-state index is 12.8. The standard InChI is InChI=1S/C24H33N3O4S/c1-4-18-10-12-19(13-11-18)23(27(2)3)17-25-24(28)20-7-5-9-22(15-20)32(29,30)26-16-21-8-6-14-31-21/h5,7,9-13,15,21,23,26H,4,6,8,14,16-17H2,1-3H3,(H,25,28). The van der Waals surface area contributed by atoms with Crippen LogP contribution in [0.3, 0.4) is 0 Å². The number of sulfonamides is 1. The molecule has 1 heterocycles. The number of rotatable bonds is 10. The first-order valence-corrected chi connectivity index (χ1v) is 12.5. The average Bonchev–Trinajstić information content (AvgIpc) is 3.32. The third-order valence-corrected chi connectivity index (χ3v) is 7.20. The lowest BCUT2D eigenvalue weighted by molar-refractivity contribution is 0.0941. The summed E-state index contributed by atoms with van der Waals surface area (Å²) in [6.45, 7) is 3.43. The van der Waals surface area contributed by atoms with Gasteiger partial charge in [0.2, 0.25) is 10.0 Å². The molecule has 0 radical (unpaired) electrons. The fourth-order valence-electron chi connectivity index (χ4n) is 3.76. The molecule has 7 nitrogen and oxygen atoms in total. The van der Waals surface area contributed by atoms with Crippen molar-refractivity contribution in [1.29, 1.82) is 0 Å². The van der Waals surface area contributed by atoms with Gasteiger partial charge in [-0.2, -0.15) is 0 Å². The molecule has 8 heteroatoms. The summed E-state index contributed by atoms with van der Waals surface area (Å²) < 4.78 is 33.4. The molecule has 2 aromatic carbocycles. The summed E-state index contributed by atoms with van der Waals surface area (Å²) in [5.41, 5.74) is 2.69. The van der Waals surface area contributed by atoms with Crippen molar-refractivity contribution in [2.45, 2.75) is 43.2 Å². The van der Waals surface area contributed by atoms with Crippen LogP contribution in [0.2, 0.25) is 0 Å². The Bertz CT molecular complexity index is 1000. The van der Waals surface area contributed by atoms with Crippen molar-refractivity contribution in [3.63, 3.8) is 0 Å². The van der Waals surface area contributed by atoms with Crippen molar-refractivity contribution in [1.82, 2.24) is 14.9 Å². The Morgan fingerprint density at radius 1 is 1.19 bits per heavy atom. The number of nitrogens with zero attached hydrogens (tertiary/aromatic N) is 1. The number of hydrogen-bond acceptors (Lipinski definition) is 5. The summed E-state index contributed by atoms with van der Waals surface area (Å²) in [4.78, 5) is 14.9. The van der Waals surface area contributed by atoms with Gasteiger partial charge >= 0.3 is 0 Å². The van der Waals surface area contributed by atoms with Crippen LogP contribution in [-0.2, 0) is 21.2 Å². The van der Waals surface area contributed by atoms with Crippen LogP contribution < -0.4 is 10.0 Å². The Hall–Kier alpha value is -2.26. The van der Waals surface area contributed by atoms with Crippen molar-refractivity contribution in [3.8, 4) is 0 Å². The summed E-state index contributed by atoms with van der Waals surface area (Å²) in [6.07, 6.45) is 2.68. The first-order chi connectivity index (χ1) is 15.3. The molecule has 1 amide bonds. The van der Waals surface area contributed by atoms with Gasteiger partial charge in [0.1, 0.15) is 0 Å². The third-order valence-electron chi connectivity index (χ3n) is 5.78. The molecule has 2 unspecified atom stereocenters. The number of benzene rings is 2. The molecule has 3 rings (SSSR count). The number of carbonyl (C=O) groups excluding carboxylic acids is 1. The van der Waals surface area contributed by atoms with Crippen LogP contribution in [0.1, 0.15) is 47.3 Å². The SMILES string of the molecule is CCc1ccc(C(CNC(=O)c2cccc(S(=O)(=O)NCC3CCCO3)c2)N(C)C)cc1. The number of ether oxygens (including phenoxy) is 1. The first kappa shape index (κ1) is 24.4. The molecule has 0 aliphatic carbocycles. The highest BCUT2D eigenvalue weighted by Crippen LogP contribution is 2.19. The van der Waals surface area contributed by atoms with E-state index in [0.717, 1.165) is 24.8 Å². The summed E-state index contributed by atoms with van der Waals surface area (Å²) in [7, 11) is 0.223.